The van der Waals surface area contributed by atoms with Gasteiger partial charge in [-0.15, -0.1) is 0 Å². The van der Waals surface area contributed by atoms with E-state index in [1.165, 1.54) is 24.3 Å². The number of ketones is 1. The van der Waals surface area contributed by atoms with Gasteiger partial charge >= 0.3 is 0 Å². The van der Waals surface area contributed by atoms with Crippen LogP contribution >= 0.6 is 15.9 Å². The number of fused-ring (bicyclic) bond motifs is 1. The number of amides is 1. The van der Waals surface area contributed by atoms with Crippen LogP contribution in [0.15, 0.2) is 46.9 Å². The largest absolute Gasteiger partial charge is 0.335 e. The number of aromatic amines is 1. The molecule has 0 radical (unpaired) electrons. The lowest BCUT2D eigenvalue weighted by Crippen LogP contribution is -2.50. The second-order valence-electron chi connectivity index (χ2n) is 6.76. The maximum Gasteiger partial charge on any atom is 0.275 e. The Morgan fingerprint density at radius 3 is 2.50 bits per heavy atom. The summed E-state index contributed by atoms with van der Waals surface area (Å²) < 4.78 is 13.9. The fraction of sp³-hybridized carbons (Fsp3) is 0.250. The lowest BCUT2D eigenvalue weighted by atomic mass is 10.1. The Bertz CT molecular complexity index is 1030. The van der Waals surface area contributed by atoms with Gasteiger partial charge in [0.2, 0.25) is 0 Å². The van der Waals surface area contributed by atoms with Crippen molar-refractivity contribution in [3.8, 4) is 0 Å². The van der Waals surface area contributed by atoms with Crippen LogP contribution in [0.25, 0.3) is 10.9 Å². The summed E-state index contributed by atoms with van der Waals surface area (Å²) in [5.74, 6) is -0.529. The predicted molar refractivity (Wildman–Crippen MR) is 107 cm³/mol. The third-order valence-corrected chi connectivity index (χ3v) is 5.41. The molecule has 0 unspecified atom stereocenters. The second kappa shape index (κ2) is 7.81. The van der Waals surface area contributed by atoms with Crippen LogP contribution in [0.4, 0.5) is 4.39 Å². The van der Waals surface area contributed by atoms with Crippen molar-refractivity contribution in [2.24, 2.45) is 0 Å². The number of hydrogen-bond donors (Lipinski definition) is 1. The zero-order valence-electron chi connectivity index (χ0n) is 15.0. The van der Waals surface area contributed by atoms with Gasteiger partial charge < -0.3 is 4.90 Å². The minimum atomic E-state index is -0.360. The summed E-state index contributed by atoms with van der Waals surface area (Å²) in [5, 5.41) is 7.87. The van der Waals surface area contributed by atoms with E-state index in [2.05, 4.69) is 26.1 Å². The van der Waals surface area contributed by atoms with Crippen LogP contribution in [0, 0.1) is 5.82 Å². The number of carbonyl (C=O) groups excluding carboxylic acids is 2. The highest BCUT2D eigenvalue weighted by Gasteiger charge is 2.26. The first-order valence-electron chi connectivity index (χ1n) is 8.95. The van der Waals surface area contributed by atoms with Gasteiger partial charge in [-0.2, -0.15) is 5.10 Å². The molecule has 2 aromatic carbocycles. The van der Waals surface area contributed by atoms with Crippen molar-refractivity contribution in [2.75, 3.05) is 32.7 Å². The number of Topliss-reactive ketones (excluding diaryl/α,β-unsaturated/α-hetero) is 1. The predicted octanol–water partition coefficient (Wildman–Crippen LogP) is 3.11. The van der Waals surface area contributed by atoms with Crippen LogP contribution in [0.1, 0.15) is 20.8 Å². The number of aromatic nitrogens is 2. The van der Waals surface area contributed by atoms with Crippen molar-refractivity contribution in [3.05, 3.63) is 64.0 Å². The van der Waals surface area contributed by atoms with Crippen molar-refractivity contribution in [1.82, 2.24) is 20.0 Å². The normalized spacial score (nSPS) is 15.1. The van der Waals surface area contributed by atoms with Gasteiger partial charge in [0.1, 0.15) is 5.82 Å². The summed E-state index contributed by atoms with van der Waals surface area (Å²) in [4.78, 5) is 29.0. The zero-order chi connectivity index (χ0) is 19.7. The molecule has 0 atom stereocenters. The van der Waals surface area contributed by atoms with Crippen LogP contribution in [0.5, 0.6) is 0 Å². The lowest BCUT2D eigenvalue weighted by molar-refractivity contribution is 0.0621. The number of nitrogens with one attached hydrogen (secondary N) is 1. The van der Waals surface area contributed by atoms with E-state index in [-0.39, 0.29) is 24.1 Å². The van der Waals surface area contributed by atoms with Crippen LogP contribution in [0.3, 0.4) is 0 Å². The van der Waals surface area contributed by atoms with E-state index in [9.17, 15) is 14.0 Å². The number of piperazine rings is 1. The van der Waals surface area contributed by atoms with Crippen molar-refractivity contribution in [1.29, 1.82) is 0 Å². The highest BCUT2D eigenvalue weighted by atomic mass is 79.9. The fourth-order valence-electron chi connectivity index (χ4n) is 3.34. The molecule has 1 amide bonds. The highest BCUT2D eigenvalue weighted by Crippen LogP contribution is 2.22. The number of rotatable bonds is 4. The van der Waals surface area contributed by atoms with Crippen molar-refractivity contribution < 1.29 is 14.0 Å². The molecule has 1 fully saturated rings. The second-order valence-corrected chi connectivity index (χ2v) is 7.68. The van der Waals surface area contributed by atoms with Crippen LogP contribution in [-0.4, -0.2) is 64.4 Å². The molecule has 2 heterocycles. The van der Waals surface area contributed by atoms with Gasteiger partial charge in [-0.05, 0) is 42.5 Å². The van der Waals surface area contributed by atoms with Crippen molar-refractivity contribution in [2.45, 2.75) is 0 Å². The summed E-state index contributed by atoms with van der Waals surface area (Å²) in [6, 6.07) is 11.2. The molecular formula is C20H18BrFN4O2. The molecule has 0 bridgehead atoms. The molecule has 1 aromatic heterocycles. The average Bonchev–Trinajstić information content (AvgIpc) is 3.11. The average molecular weight is 445 g/mol. The molecule has 144 valence electrons. The first kappa shape index (κ1) is 18.8. The third kappa shape index (κ3) is 3.83. The molecule has 3 aromatic rings. The Morgan fingerprint density at radius 1 is 1.07 bits per heavy atom. The molecule has 1 aliphatic rings. The Labute approximate surface area is 169 Å². The van der Waals surface area contributed by atoms with E-state index in [1.807, 2.05) is 23.1 Å². The Balaban J connectivity index is 1.38. The lowest BCUT2D eigenvalue weighted by Gasteiger charge is -2.34. The molecule has 6 nitrogen and oxygen atoms in total. The van der Waals surface area contributed by atoms with E-state index in [4.69, 9.17) is 0 Å². The highest BCUT2D eigenvalue weighted by molar-refractivity contribution is 9.10. The Hall–Kier alpha value is -2.58. The number of halogens is 2. The molecule has 4 rings (SSSR count). The topological polar surface area (TPSA) is 69.3 Å². The molecule has 28 heavy (non-hydrogen) atoms. The van der Waals surface area contributed by atoms with Gasteiger partial charge in [0, 0.05) is 41.6 Å². The van der Waals surface area contributed by atoms with Gasteiger partial charge in [0.25, 0.3) is 5.91 Å². The quantitative estimate of drug-likeness (QED) is 0.627. The zero-order valence-corrected chi connectivity index (χ0v) is 16.6. The molecule has 1 saturated heterocycles. The smallest absolute Gasteiger partial charge is 0.275 e. The van der Waals surface area contributed by atoms with E-state index >= 15 is 0 Å². The van der Waals surface area contributed by atoms with Crippen LogP contribution in [-0.2, 0) is 0 Å². The number of nitrogens with zero attached hydrogens (tertiary/aromatic N) is 3. The summed E-state index contributed by atoms with van der Waals surface area (Å²) in [6.45, 7) is 2.51. The molecule has 1 N–H and O–H groups in total. The molecule has 0 spiro atoms. The van der Waals surface area contributed by atoms with Crippen LogP contribution in [0.2, 0.25) is 0 Å². The summed E-state index contributed by atoms with van der Waals surface area (Å²) in [6.07, 6.45) is 0. The minimum absolute atomic E-state index is 0.0528. The fourth-order valence-corrected chi connectivity index (χ4v) is 3.70. The molecule has 0 aliphatic carbocycles. The van der Waals surface area contributed by atoms with Crippen molar-refractivity contribution >= 4 is 38.5 Å². The Kier molecular flexibility index (Phi) is 5.23. The number of benzene rings is 2. The number of H-pyrrole nitrogens is 1. The van der Waals surface area contributed by atoms with Crippen LogP contribution < -0.4 is 0 Å². The van der Waals surface area contributed by atoms with E-state index in [0.29, 0.717) is 37.4 Å². The SMILES string of the molecule is O=C(CN1CCN(C(=O)c2n[nH]c3ccc(Br)cc23)CC1)c1ccc(F)cc1. The van der Waals surface area contributed by atoms with E-state index in [0.717, 1.165) is 15.4 Å². The number of hydrogen-bond acceptors (Lipinski definition) is 4. The van der Waals surface area contributed by atoms with E-state index < -0.39 is 0 Å². The first-order valence-corrected chi connectivity index (χ1v) is 9.74. The van der Waals surface area contributed by atoms with Gasteiger partial charge in [-0.3, -0.25) is 19.6 Å². The maximum atomic E-state index is 13.0. The molecule has 1 aliphatic heterocycles. The van der Waals surface area contributed by atoms with Crippen molar-refractivity contribution in [3.63, 3.8) is 0 Å². The van der Waals surface area contributed by atoms with Gasteiger partial charge in [0.15, 0.2) is 11.5 Å². The minimum Gasteiger partial charge on any atom is -0.335 e. The summed E-state index contributed by atoms with van der Waals surface area (Å²) in [5.41, 5.74) is 1.72. The van der Waals surface area contributed by atoms with Gasteiger partial charge in [0.05, 0.1) is 12.1 Å². The molecule has 0 saturated carbocycles. The standard InChI is InChI=1S/C20H18BrFN4O2/c21-14-3-6-17-16(11-14)19(24-23-17)20(28)26-9-7-25(8-10-26)12-18(27)13-1-4-15(22)5-2-13/h1-6,11H,7-10,12H2,(H,23,24). The molecular weight excluding hydrogens is 427 g/mol. The monoisotopic (exact) mass is 444 g/mol. The summed E-state index contributed by atoms with van der Waals surface area (Å²) in [7, 11) is 0. The molecule has 8 heteroatoms. The Morgan fingerprint density at radius 2 is 1.79 bits per heavy atom. The van der Waals surface area contributed by atoms with Gasteiger partial charge in [-0.1, -0.05) is 15.9 Å². The van der Waals surface area contributed by atoms with Gasteiger partial charge in [-0.25, -0.2) is 4.39 Å². The first-order chi connectivity index (χ1) is 13.5. The number of carbonyl (C=O) groups is 2. The third-order valence-electron chi connectivity index (χ3n) is 4.92. The van der Waals surface area contributed by atoms with E-state index in [1.54, 1.807) is 4.90 Å². The maximum absolute atomic E-state index is 13.0. The summed E-state index contributed by atoms with van der Waals surface area (Å²) >= 11 is 3.42.